The van der Waals surface area contributed by atoms with Crippen LogP contribution in [0.4, 0.5) is 14.9 Å². The molecule has 7 aromatic rings. The van der Waals surface area contributed by atoms with Crippen molar-refractivity contribution in [2.75, 3.05) is 11.9 Å². The highest BCUT2D eigenvalue weighted by atomic mass is 28.3. The fourth-order valence-electron chi connectivity index (χ4n) is 9.08. The Balaban J connectivity index is 1.07. The number of fused-ring (bicyclic) bond motifs is 3. The normalized spacial score (nSPS) is 19.9. The molecule has 2 fully saturated rings. The van der Waals surface area contributed by atoms with Crippen LogP contribution in [0.3, 0.4) is 0 Å². The number of rotatable bonds is 16. The van der Waals surface area contributed by atoms with Gasteiger partial charge >= 0.3 is 6.03 Å². The van der Waals surface area contributed by atoms with Crippen LogP contribution in [0.2, 0.25) is 25.7 Å². The van der Waals surface area contributed by atoms with E-state index in [1.807, 2.05) is 95.2 Å². The van der Waals surface area contributed by atoms with E-state index in [0.717, 1.165) is 50.2 Å². The van der Waals surface area contributed by atoms with Gasteiger partial charge in [-0.25, -0.2) is 18.9 Å². The summed E-state index contributed by atoms with van der Waals surface area (Å²) in [6.07, 6.45) is 2.01. The van der Waals surface area contributed by atoms with Gasteiger partial charge in [0.15, 0.2) is 5.79 Å². The van der Waals surface area contributed by atoms with Crippen molar-refractivity contribution >= 4 is 41.7 Å². The first-order valence-corrected chi connectivity index (χ1v) is 26.1. The molecule has 13 heteroatoms. The van der Waals surface area contributed by atoms with Crippen molar-refractivity contribution in [2.45, 2.75) is 109 Å². The molecule has 0 spiro atoms. The highest BCUT2D eigenvalue weighted by molar-refractivity contribution is 6.76. The molecule has 4 heterocycles. The van der Waals surface area contributed by atoms with Crippen molar-refractivity contribution in [1.82, 2.24) is 29.5 Å². The first-order chi connectivity index (χ1) is 30.9. The number of halogens is 1. The summed E-state index contributed by atoms with van der Waals surface area (Å²) in [6.45, 7) is 12.9. The summed E-state index contributed by atoms with van der Waals surface area (Å²) in [6, 6.07) is 39.7. The van der Waals surface area contributed by atoms with Crippen LogP contribution >= 0.6 is 0 Å². The number of anilines is 1. The van der Waals surface area contributed by atoms with Crippen LogP contribution in [0.5, 0.6) is 0 Å². The first kappa shape index (κ1) is 43.4. The predicted molar refractivity (Wildman–Crippen MR) is 252 cm³/mol. The molecule has 2 aliphatic rings. The fourth-order valence-corrected chi connectivity index (χ4v) is 9.84. The Bertz CT molecular complexity index is 2670. The Hall–Kier alpha value is -5.86. The van der Waals surface area contributed by atoms with E-state index < -0.39 is 44.0 Å². The minimum Gasteiger partial charge on any atom is -0.375 e. The van der Waals surface area contributed by atoms with Gasteiger partial charge in [0, 0.05) is 33.2 Å². The topological polar surface area (TPSA) is 110 Å². The van der Waals surface area contributed by atoms with Gasteiger partial charge in [-0.05, 0) is 91.4 Å². The number of nitrogens with zero attached hydrogens (tertiary/aromatic N) is 5. The lowest BCUT2D eigenvalue weighted by Gasteiger charge is -2.37. The Morgan fingerprint density at radius 2 is 1.39 bits per heavy atom. The van der Waals surface area contributed by atoms with Crippen LogP contribution in [-0.4, -0.2) is 80.3 Å². The molecular weight excluding hydrogens is 822 g/mol. The van der Waals surface area contributed by atoms with Gasteiger partial charge in [-0.3, -0.25) is 0 Å². The molecule has 64 heavy (non-hydrogen) atoms. The smallest absolute Gasteiger partial charge is 0.321 e. The van der Waals surface area contributed by atoms with E-state index in [4.69, 9.17) is 14.2 Å². The number of imidazole rings is 1. The number of hydrogen-bond donors (Lipinski definition) is 2. The molecule has 0 bridgehead atoms. The van der Waals surface area contributed by atoms with Gasteiger partial charge in [0.1, 0.15) is 30.6 Å². The number of hydrogen-bond acceptors (Lipinski definition) is 7. The Kier molecular flexibility index (Phi) is 12.4. The van der Waals surface area contributed by atoms with Crippen molar-refractivity contribution in [3.05, 3.63) is 161 Å². The third kappa shape index (κ3) is 9.92. The predicted octanol–water partition coefficient (Wildman–Crippen LogP) is 10.2. The van der Waals surface area contributed by atoms with Crippen LogP contribution in [0, 0.1) is 5.82 Å². The summed E-state index contributed by atoms with van der Waals surface area (Å²) in [5, 5.41) is 8.91. The average Bonchev–Trinajstić information content (AvgIpc) is 3.97. The standard InChI is InChI=1S/C51H58FN7O4Si/c1-51(2)62-48-45(28-35-14-8-6-9-15-35)57(32-37-21-23-44-39(26-37)30-54-59(44)34-61-24-25-64(3,4)5)50(60)58(46(49(48)63-51)29-36-16-10-7-11-17-36)33-38-20-22-40(52)43(27-38)53-31-47-55-41-18-12-13-19-42(41)56-47/h6-23,26-27,30,45-46,48-49,53H,24-25,28-29,31-34H2,1-5H3,(H,55,56)/t45-,46-,48+,49+/m1/s1. The minimum atomic E-state index is -1.22. The zero-order valence-electron chi connectivity index (χ0n) is 37.3. The maximum atomic E-state index is 15.8. The molecule has 9 rings (SSSR count). The molecule has 2 amide bonds. The van der Waals surface area contributed by atoms with Gasteiger partial charge in [-0.1, -0.05) is 105 Å². The van der Waals surface area contributed by atoms with E-state index in [2.05, 4.69) is 82.5 Å². The van der Waals surface area contributed by atoms with Crippen LogP contribution in [0.25, 0.3) is 21.9 Å². The van der Waals surface area contributed by atoms with Gasteiger partial charge in [0.25, 0.3) is 0 Å². The molecule has 0 radical (unpaired) electrons. The van der Waals surface area contributed by atoms with Crippen molar-refractivity contribution < 1.29 is 23.4 Å². The lowest BCUT2D eigenvalue weighted by atomic mass is 9.91. The summed E-state index contributed by atoms with van der Waals surface area (Å²) >= 11 is 0. The molecule has 0 saturated carbocycles. The fraction of sp³-hybridized carbons (Fsp3) is 0.353. The summed E-state index contributed by atoms with van der Waals surface area (Å²) in [5.74, 6) is -0.607. The molecule has 2 saturated heterocycles. The first-order valence-electron chi connectivity index (χ1n) is 22.3. The highest BCUT2D eigenvalue weighted by Gasteiger charge is 2.55. The minimum absolute atomic E-state index is 0.144. The molecular formula is C51H58FN7O4Si. The van der Waals surface area contributed by atoms with E-state index in [1.165, 1.54) is 6.07 Å². The number of aromatic nitrogens is 4. The molecule has 2 aromatic heterocycles. The second-order valence-corrected chi connectivity index (χ2v) is 24.5. The summed E-state index contributed by atoms with van der Waals surface area (Å²) in [5.41, 5.74) is 6.97. The SMILES string of the molecule is CC1(C)O[C@@H]2[C@@H](O1)[C@@H](Cc1ccccc1)N(Cc1ccc3c(cnn3COCC[Si](C)(C)C)c1)C(=O)N(Cc1ccc(F)c(NCc3nc4ccccc4[nH]3)c1)[C@@H]2Cc1ccccc1. The number of urea groups is 1. The van der Waals surface area contributed by atoms with Crippen molar-refractivity contribution in [3.8, 4) is 0 Å². The van der Waals surface area contributed by atoms with E-state index in [1.54, 1.807) is 12.1 Å². The van der Waals surface area contributed by atoms with Crippen LogP contribution < -0.4 is 5.32 Å². The average molecular weight is 880 g/mol. The largest absolute Gasteiger partial charge is 0.375 e. The van der Waals surface area contributed by atoms with Crippen LogP contribution in [0.1, 0.15) is 41.9 Å². The number of aromatic amines is 1. The van der Waals surface area contributed by atoms with Crippen molar-refractivity contribution in [3.63, 3.8) is 0 Å². The van der Waals surface area contributed by atoms with Crippen LogP contribution in [-0.2, 0) is 53.4 Å². The number of ether oxygens (including phenoxy) is 3. The third-order valence-corrected chi connectivity index (χ3v) is 14.0. The molecule has 2 aliphatic heterocycles. The second-order valence-electron chi connectivity index (χ2n) is 18.9. The summed E-state index contributed by atoms with van der Waals surface area (Å²) in [4.78, 5) is 27.7. The second kappa shape index (κ2) is 18.3. The summed E-state index contributed by atoms with van der Waals surface area (Å²) < 4.78 is 37.4. The molecule has 2 N–H and O–H groups in total. The van der Waals surface area contributed by atoms with Crippen LogP contribution in [0.15, 0.2) is 128 Å². The maximum absolute atomic E-state index is 15.8. The molecule has 332 valence electrons. The highest BCUT2D eigenvalue weighted by Crippen LogP contribution is 2.41. The Labute approximate surface area is 375 Å². The lowest BCUT2D eigenvalue weighted by molar-refractivity contribution is -0.157. The molecule has 0 unspecified atom stereocenters. The number of para-hydroxylation sites is 2. The maximum Gasteiger partial charge on any atom is 0.321 e. The summed E-state index contributed by atoms with van der Waals surface area (Å²) in [7, 11) is -1.22. The number of carbonyl (C=O) groups is 1. The van der Waals surface area contributed by atoms with Crippen molar-refractivity contribution in [2.24, 2.45) is 0 Å². The van der Waals surface area contributed by atoms with Gasteiger partial charge in [0.05, 0.1) is 47.1 Å². The molecule has 0 aliphatic carbocycles. The number of benzene rings is 5. The molecule has 11 nitrogen and oxygen atoms in total. The quantitative estimate of drug-likeness (QED) is 0.0735. The molecule has 4 atom stereocenters. The Morgan fingerprint density at radius 3 is 2.03 bits per heavy atom. The van der Waals surface area contributed by atoms with Gasteiger partial charge in [0.2, 0.25) is 0 Å². The van der Waals surface area contributed by atoms with Gasteiger partial charge in [-0.15, -0.1) is 0 Å². The zero-order chi connectivity index (χ0) is 44.4. The number of nitrogens with one attached hydrogen (secondary N) is 2. The van der Waals surface area contributed by atoms with E-state index in [-0.39, 0.29) is 12.6 Å². The zero-order valence-corrected chi connectivity index (χ0v) is 38.3. The number of amides is 2. The number of H-pyrrole nitrogens is 1. The van der Waals surface area contributed by atoms with E-state index >= 15 is 9.18 Å². The van der Waals surface area contributed by atoms with Gasteiger partial charge in [-0.2, -0.15) is 5.10 Å². The number of carbonyl (C=O) groups excluding carboxylic acids is 1. The van der Waals surface area contributed by atoms with Crippen molar-refractivity contribution in [1.29, 1.82) is 0 Å². The third-order valence-electron chi connectivity index (χ3n) is 12.3. The lowest BCUT2D eigenvalue weighted by Crippen LogP contribution is -2.51. The monoisotopic (exact) mass is 879 g/mol. The molecule has 5 aromatic carbocycles. The van der Waals surface area contributed by atoms with E-state index in [9.17, 15) is 0 Å². The van der Waals surface area contributed by atoms with E-state index in [0.29, 0.717) is 50.8 Å². The Morgan fingerprint density at radius 1 is 0.781 bits per heavy atom. The van der Waals surface area contributed by atoms with Gasteiger partial charge < -0.3 is 34.3 Å².